The van der Waals surface area contributed by atoms with Gasteiger partial charge in [-0.05, 0) is 12.1 Å². The molecular formula is C9H8F3NS. The van der Waals surface area contributed by atoms with Gasteiger partial charge in [0.15, 0.2) is 0 Å². The molecule has 0 aliphatic heterocycles. The van der Waals surface area contributed by atoms with Crippen molar-refractivity contribution in [3.8, 4) is 0 Å². The number of anilines is 1. The van der Waals surface area contributed by atoms with Crippen LogP contribution >= 0.6 is 12.6 Å². The average Bonchev–Trinajstić information content (AvgIpc) is 2.01. The molecule has 0 atom stereocenters. The highest BCUT2D eigenvalue weighted by molar-refractivity contribution is 7.80. The van der Waals surface area contributed by atoms with Crippen molar-refractivity contribution in [1.82, 2.24) is 0 Å². The molecule has 0 saturated carbocycles. The van der Waals surface area contributed by atoms with Gasteiger partial charge in [-0.3, -0.25) is 0 Å². The van der Waals surface area contributed by atoms with Crippen molar-refractivity contribution < 1.29 is 13.2 Å². The first kappa shape index (κ1) is 11.0. The Morgan fingerprint density at radius 2 is 1.93 bits per heavy atom. The second-order valence-electron chi connectivity index (χ2n) is 2.70. The number of alkyl halides is 3. The van der Waals surface area contributed by atoms with Gasteiger partial charge < -0.3 is 5.73 Å². The molecular weight excluding hydrogens is 211 g/mol. The van der Waals surface area contributed by atoms with Gasteiger partial charge in [0.25, 0.3) is 0 Å². The minimum absolute atomic E-state index is 0.0276. The van der Waals surface area contributed by atoms with Crippen LogP contribution in [0.1, 0.15) is 11.1 Å². The van der Waals surface area contributed by atoms with Gasteiger partial charge in [-0.15, -0.1) is 12.6 Å². The summed E-state index contributed by atoms with van der Waals surface area (Å²) in [5, 5.41) is 0. The van der Waals surface area contributed by atoms with Crippen LogP contribution in [0.4, 0.5) is 18.9 Å². The summed E-state index contributed by atoms with van der Waals surface area (Å²) in [6.45, 7) is 3.43. The normalized spacial score (nSPS) is 11.4. The van der Waals surface area contributed by atoms with E-state index in [1.807, 2.05) is 0 Å². The van der Waals surface area contributed by atoms with Crippen LogP contribution in [0.25, 0.3) is 6.08 Å². The lowest BCUT2D eigenvalue weighted by molar-refractivity contribution is -0.137. The van der Waals surface area contributed by atoms with Crippen molar-refractivity contribution in [2.45, 2.75) is 11.1 Å². The highest BCUT2D eigenvalue weighted by Crippen LogP contribution is 2.34. The van der Waals surface area contributed by atoms with Gasteiger partial charge in [0.2, 0.25) is 0 Å². The lowest BCUT2D eigenvalue weighted by Gasteiger charge is -2.11. The minimum Gasteiger partial charge on any atom is -0.398 e. The molecule has 5 heteroatoms. The van der Waals surface area contributed by atoms with E-state index in [1.54, 1.807) is 0 Å². The van der Waals surface area contributed by atoms with E-state index in [2.05, 4.69) is 19.2 Å². The number of hydrogen-bond acceptors (Lipinski definition) is 2. The Labute approximate surface area is 84.8 Å². The smallest absolute Gasteiger partial charge is 0.398 e. The predicted molar refractivity (Wildman–Crippen MR) is 53.2 cm³/mol. The molecule has 0 fully saturated rings. The lowest BCUT2D eigenvalue weighted by atomic mass is 10.1. The molecule has 0 aliphatic rings. The number of hydrogen-bond donors (Lipinski definition) is 2. The first-order chi connectivity index (χ1) is 6.36. The fourth-order valence-electron chi connectivity index (χ4n) is 1.05. The first-order valence-electron chi connectivity index (χ1n) is 3.68. The molecule has 2 N–H and O–H groups in total. The highest BCUT2D eigenvalue weighted by atomic mass is 32.1. The Hall–Kier alpha value is -1.10. The Morgan fingerprint density at radius 3 is 2.29 bits per heavy atom. The molecule has 0 spiro atoms. The second-order valence-corrected chi connectivity index (χ2v) is 3.18. The maximum absolute atomic E-state index is 12.3. The second kappa shape index (κ2) is 3.57. The molecule has 0 aromatic heterocycles. The summed E-state index contributed by atoms with van der Waals surface area (Å²) < 4.78 is 36.8. The molecule has 0 amide bonds. The molecule has 0 radical (unpaired) electrons. The molecule has 0 saturated heterocycles. The summed E-state index contributed by atoms with van der Waals surface area (Å²) in [7, 11) is 0. The summed E-state index contributed by atoms with van der Waals surface area (Å²) in [5.41, 5.74) is 5.05. The van der Waals surface area contributed by atoms with E-state index in [0.29, 0.717) is 5.56 Å². The number of benzene rings is 1. The maximum Gasteiger partial charge on any atom is 0.416 e. The zero-order valence-electron chi connectivity index (χ0n) is 7.10. The Morgan fingerprint density at radius 1 is 1.36 bits per heavy atom. The van der Waals surface area contributed by atoms with Gasteiger partial charge in [-0.25, -0.2) is 0 Å². The quantitative estimate of drug-likeness (QED) is 0.550. The Bertz CT molecular complexity index is 348. The lowest BCUT2D eigenvalue weighted by Crippen LogP contribution is -2.06. The third-order valence-corrected chi connectivity index (χ3v) is 2.09. The van der Waals surface area contributed by atoms with E-state index in [1.165, 1.54) is 6.08 Å². The molecule has 1 rings (SSSR count). The molecule has 0 unspecified atom stereocenters. The number of nitrogen functional groups attached to an aromatic ring is 1. The van der Waals surface area contributed by atoms with Crippen LogP contribution in [-0.4, -0.2) is 0 Å². The van der Waals surface area contributed by atoms with Crippen LogP contribution in [0.15, 0.2) is 23.6 Å². The van der Waals surface area contributed by atoms with Crippen molar-refractivity contribution in [1.29, 1.82) is 0 Å². The molecule has 1 aromatic rings. The van der Waals surface area contributed by atoms with Crippen LogP contribution in [0.3, 0.4) is 0 Å². The molecule has 1 nitrogen and oxygen atoms in total. The third kappa shape index (κ3) is 2.04. The standard InChI is InChI=1S/C9H8F3NS/c1-2-6-7(13)3-5(4-8(6)14)9(10,11)12/h2-4,14H,1,13H2. The van der Waals surface area contributed by atoms with Gasteiger partial charge in [-0.1, -0.05) is 12.7 Å². The Balaban J connectivity index is 3.35. The zero-order chi connectivity index (χ0) is 10.9. The van der Waals surface area contributed by atoms with Crippen molar-refractivity contribution in [3.63, 3.8) is 0 Å². The highest BCUT2D eigenvalue weighted by Gasteiger charge is 2.31. The fourth-order valence-corrected chi connectivity index (χ4v) is 1.41. The Kier molecular flexibility index (Phi) is 2.80. The van der Waals surface area contributed by atoms with Crippen molar-refractivity contribution in [2.75, 3.05) is 5.73 Å². The van der Waals surface area contributed by atoms with Crippen molar-refractivity contribution in [2.24, 2.45) is 0 Å². The molecule has 76 valence electrons. The van der Waals surface area contributed by atoms with E-state index < -0.39 is 11.7 Å². The number of rotatable bonds is 1. The van der Waals surface area contributed by atoms with Gasteiger partial charge in [0, 0.05) is 16.1 Å². The predicted octanol–water partition coefficient (Wildman–Crippen LogP) is 3.22. The topological polar surface area (TPSA) is 26.0 Å². The fraction of sp³-hybridized carbons (Fsp3) is 0.111. The zero-order valence-corrected chi connectivity index (χ0v) is 7.99. The minimum atomic E-state index is -4.40. The van der Waals surface area contributed by atoms with Crippen LogP contribution < -0.4 is 5.73 Å². The van der Waals surface area contributed by atoms with Gasteiger partial charge in [-0.2, -0.15) is 13.2 Å². The summed E-state index contributed by atoms with van der Waals surface area (Å²) in [5.74, 6) is 0. The summed E-state index contributed by atoms with van der Waals surface area (Å²) in [4.78, 5) is 0.173. The van der Waals surface area contributed by atoms with E-state index in [-0.39, 0.29) is 10.6 Å². The van der Waals surface area contributed by atoms with Gasteiger partial charge >= 0.3 is 6.18 Å². The van der Waals surface area contributed by atoms with E-state index in [9.17, 15) is 13.2 Å². The van der Waals surface area contributed by atoms with Crippen molar-refractivity contribution >= 4 is 24.4 Å². The van der Waals surface area contributed by atoms with Gasteiger partial charge in [0.05, 0.1) is 5.56 Å². The molecule has 0 heterocycles. The summed E-state index contributed by atoms with van der Waals surface area (Å²) >= 11 is 3.90. The monoisotopic (exact) mass is 219 g/mol. The maximum atomic E-state index is 12.3. The van der Waals surface area contributed by atoms with Crippen molar-refractivity contribution in [3.05, 3.63) is 29.8 Å². The third-order valence-electron chi connectivity index (χ3n) is 1.72. The van der Waals surface area contributed by atoms with Crippen LogP contribution in [-0.2, 0) is 6.18 Å². The largest absolute Gasteiger partial charge is 0.416 e. The van der Waals surface area contributed by atoms with E-state index >= 15 is 0 Å². The van der Waals surface area contributed by atoms with Crippen LogP contribution in [0.5, 0.6) is 0 Å². The molecule has 14 heavy (non-hydrogen) atoms. The van der Waals surface area contributed by atoms with E-state index in [4.69, 9.17) is 5.73 Å². The van der Waals surface area contributed by atoms with Gasteiger partial charge in [0.1, 0.15) is 0 Å². The summed E-state index contributed by atoms with van der Waals surface area (Å²) in [6, 6.07) is 1.80. The molecule has 0 bridgehead atoms. The molecule has 1 aromatic carbocycles. The first-order valence-corrected chi connectivity index (χ1v) is 4.13. The number of thiol groups is 1. The number of nitrogens with two attached hydrogens (primary N) is 1. The molecule has 0 aliphatic carbocycles. The average molecular weight is 219 g/mol. The summed E-state index contributed by atoms with van der Waals surface area (Å²) in [6.07, 6.45) is -3.02. The number of halogens is 3. The SMILES string of the molecule is C=Cc1c(N)cc(C(F)(F)F)cc1S. The van der Waals surface area contributed by atoms with Crippen LogP contribution in [0, 0.1) is 0 Å². The van der Waals surface area contributed by atoms with Crippen LogP contribution in [0.2, 0.25) is 0 Å². The van der Waals surface area contributed by atoms with E-state index in [0.717, 1.165) is 12.1 Å².